The van der Waals surface area contributed by atoms with E-state index >= 15 is 0 Å². The minimum Gasteiger partial charge on any atom is -0.450 e. The van der Waals surface area contributed by atoms with E-state index in [0.717, 1.165) is 19.6 Å². The van der Waals surface area contributed by atoms with Gasteiger partial charge in [-0.15, -0.1) is 0 Å². The summed E-state index contributed by atoms with van der Waals surface area (Å²) in [6.07, 6.45) is 0. The third-order valence-corrected chi connectivity index (χ3v) is 5.94. The number of morpholine rings is 1. The number of hydrogen-bond acceptors (Lipinski definition) is 4. The molecule has 2 aromatic carbocycles. The van der Waals surface area contributed by atoms with Crippen LogP contribution in [-0.4, -0.2) is 50.2 Å². The predicted octanol–water partition coefficient (Wildman–Crippen LogP) is 1.39. The molecule has 2 aliphatic heterocycles. The molecular weight excluding hydrogens is 387 g/mol. The number of quaternary nitrogens is 1. The molecular formula is C23H22FN2O4+. The normalized spacial score (nSPS) is 19.4. The highest BCUT2D eigenvalue weighted by Gasteiger charge is 2.43. The lowest BCUT2D eigenvalue weighted by molar-refractivity contribution is -0.907. The summed E-state index contributed by atoms with van der Waals surface area (Å²) in [4.78, 5) is 29.6. The molecule has 5 rings (SSSR count). The molecule has 1 fully saturated rings. The lowest BCUT2D eigenvalue weighted by atomic mass is 9.98. The van der Waals surface area contributed by atoms with Gasteiger partial charge in [-0.05, 0) is 29.8 Å². The van der Waals surface area contributed by atoms with E-state index in [4.69, 9.17) is 9.15 Å². The second-order valence-corrected chi connectivity index (χ2v) is 7.74. The van der Waals surface area contributed by atoms with Crippen LogP contribution in [0.2, 0.25) is 0 Å². The van der Waals surface area contributed by atoms with E-state index in [-0.39, 0.29) is 17.1 Å². The number of halogens is 1. The Labute approximate surface area is 172 Å². The average molecular weight is 409 g/mol. The van der Waals surface area contributed by atoms with Crippen molar-refractivity contribution in [1.29, 1.82) is 0 Å². The van der Waals surface area contributed by atoms with Crippen molar-refractivity contribution in [2.45, 2.75) is 6.04 Å². The van der Waals surface area contributed by atoms with Gasteiger partial charge in [0.25, 0.3) is 5.91 Å². The van der Waals surface area contributed by atoms with Crippen LogP contribution in [0, 0.1) is 5.82 Å². The Bertz CT molecular complexity index is 1170. The minimum atomic E-state index is -0.663. The first-order valence-electron chi connectivity index (χ1n) is 10.2. The summed E-state index contributed by atoms with van der Waals surface area (Å²) in [6.45, 7) is 4.31. The molecule has 0 spiro atoms. The number of fused-ring (bicyclic) bond motifs is 2. The quantitative estimate of drug-likeness (QED) is 0.708. The molecule has 1 amide bonds. The lowest BCUT2D eigenvalue weighted by Crippen LogP contribution is -3.14. The van der Waals surface area contributed by atoms with Gasteiger partial charge in [-0.3, -0.25) is 9.59 Å². The molecule has 7 heteroatoms. The zero-order valence-electron chi connectivity index (χ0n) is 16.4. The van der Waals surface area contributed by atoms with Crippen molar-refractivity contribution < 1.29 is 23.2 Å². The van der Waals surface area contributed by atoms with E-state index < -0.39 is 11.9 Å². The molecule has 0 saturated carbocycles. The number of nitrogens with zero attached hydrogens (tertiary/aromatic N) is 1. The second kappa shape index (κ2) is 7.66. The van der Waals surface area contributed by atoms with Crippen molar-refractivity contribution in [3.63, 3.8) is 0 Å². The summed E-state index contributed by atoms with van der Waals surface area (Å²) >= 11 is 0. The van der Waals surface area contributed by atoms with Crippen molar-refractivity contribution in [2.24, 2.45) is 0 Å². The molecule has 6 nitrogen and oxygen atoms in total. The molecule has 1 saturated heterocycles. The topological polar surface area (TPSA) is 64.2 Å². The standard InChI is InChI=1S/C23H21FN2O4/c24-16-5-3-4-15(14-16)20-19-21(27)17-6-1-2-7-18(17)30-22(19)23(28)26(20)9-8-25-10-12-29-13-11-25/h1-7,14,20H,8-13H2/p+1/t20-/m1/s1. The van der Waals surface area contributed by atoms with Gasteiger partial charge in [0.2, 0.25) is 5.76 Å². The molecule has 0 bridgehead atoms. The number of carbonyl (C=O) groups excluding carboxylic acids is 1. The van der Waals surface area contributed by atoms with Gasteiger partial charge in [-0.1, -0.05) is 24.3 Å². The largest absolute Gasteiger partial charge is 0.450 e. The summed E-state index contributed by atoms with van der Waals surface area (Å²) in [5.41, 5.74) is 1.01. The van der Waals surface area contributed by atoms with E-state index in [0.29, 0.717) is 41.9 Å². The zero-order valence-corrected chi connectivity index (χ0v) is 16.4. The fourth-order valence-corrected chi connectivity index (χ4v) is 4.41. The van der Waals surface area contributed by atoms with Gasteiger partial charge in [0, 0.05) is 0 Å². The molecule has 3 heterocycles. The zero-order chi connectivity index (χ0) is 20.7. The Hall–Kier alpha value is -3.03. The highest BCUT2D eigenvalue weighted by molar-refractivity contribution is 5.99. The number of hydrogen-bond donors (Lipinski definition) is 1. The first-order chi connectivity index (χ1) is 14.6. The molecule has 154 valence electrons. The molecule has 1 atom stereocenters. The van der Waals surface area contributed by atoms with Gasteiger partial charge >= 0.3 is 0 Å². The van der Waals surface area contributed by atoms with E-state index in [1.54, 1.807) is 41.3 Å². The number of rotatable bonds is 4. The van der Waals surface area contributed by atoms with Gasteiger partial charge in [-0.25, -0.2) is 4.39 Å². The maximum Gasteiger partial charge on any atom is 0.291 e. The molecule has 0 radical (unpaired) electrons. The molecule has 2 aliphatic rings. The number of benzene rings is 2. The first kappa shape index (κ1) is 19.0. The van der Waals surface area contributed by atoms with E-state index in [1.165, 1.54) is 17.0 Å². The summed E-state index contributed by atoms with van der Waals surface area (Å²) in [5, 5.41) is 0.422. The lowest BCUT2D eigenvalue weighted by Gasteiger charge is -2.29. The van der Waals surface area contributed by atoms with Crippen molar-refractivity contribution >= 4 is 16.9 Å². The maximum absolute atomic E-state index is 14.0. The highest BCUT2D eigenvalue weighted by atomic mass is 19.1. The summed E-state index contributed by atoms with van der Waals surface area (Å²) in [7, 11) is 0. The van der Waals surface area contributed by atoms with Gasteiger partial charge in [-0.2, -0.15) is 0 Å². The Kier molecular flexibility index (Phi) is 4.84. The Balaban J connectivity index is 1.60. The number of ether oxygens (including phenoxy) is 1. The number of amides is 1. The van der Waals surface area contributed by atoms with E-state index in [2.05, 4.69) is 0 Å². The van der Waals surface area contributed by atoms with Crippen molar-refractivity contribution in [1.82, 2.24) is 4.90 Å². The summed E-state index contributed by atoms with van der Waals surface area (Å²) in [5.74, 6) is -0.669. The number of para-hydroxylation sites is 1. The summed E-state index contributed by atoms with van der Waals surface area (Å²) < 4.78 is 25.3. The molecule has 30 heavy (non-hydrogen) atoms. The monoisotopic (exact) mass is 409 g/mol. The SMILES string of the molecule is O=C1c2oc3ccccc3c(=O)c2[C@@H](c2cccc(F)c2)N1CC[NH+]1CCOCC1. The molecule has 3 aromatic rings. The fraction of sp³-hybridized carbons (Fsp3) is 0.304. The predicted molar refractivity (Wildman–Crippen MR) is 108 cm³/mol. The van der Waals surface area contributed by atoms with Crippen molar-refractivity contribution in [3.05, 3.63) is 81.5 Å². The summed E-state index contributed by atoms with van der Waals surface area (Å²) in [6, 6.07) is 12.3. The van der Waals surface area contributed by atoms with Gasteiger partial charge < -0.3 is 19.0 Å². The molecule has 1 aromatic heterocycles. The van der Waals surface area contributed by atoms with Crippen LogP contribution in [0.25, 0.3) is 11.0 Å². The van der Waals surface area contributed by atoms with Crippen LogP contribution in [-0.2, 0) is 4.74 Å². The Morgan fingerprint density at radius 1 is 1.07 bits per heavy atom. The third-order valence-electron chi connectivity index (χ3n) is 5.94. The van der Waals surface area contributed by atoms with E-state index in [1.807, 2.05) is 0 Å². The average Bonchev–Trinajstić information content (AvgIpc) is 3.05. The van der Waals surface area contributed by atoms with Crippen LogP contribution >= 0.6 is 0 Å². The smallest absolute Gasteiger partial charge is 0.291 e. The van der Waals surface area contributed by atoms with Crippen LogP contribution in [0.5, 0.6) is 0 Å². The maximum atomic E-state index is 14.0. The Morgan fingerprint density at radius 2 is 1.87 bits per heavy atom. The highest BCUT2D eigenvalue weighted by Crippen LogP contribution is 2.37. The van der Waals surface area contributed by atoms with Crippen molar-refractivity contribution in [2.75, 3.05) is 39.4 Å². The van der Waals surface area contributed by atoms with Crippen LogP contribution in [0.3, 0.4) is 0 Å². The van der Waals surface area contributed by atoms with Crippen LogP contribution < -0.4 is 10.3 Å². The van der Waals surface area contributed by atoms with Crippen LogP contribution in [0.4, 0.5) is 4.39 Å². The van der Waals surface area contributed by atoms with Crippen LogP contribution in [0.1, 0.15) is 27.7 Å². The van der Waals surface area contributed by atoms with Gasteiger partial charge in [0.05, 0.1) is 43.3 Å². The first-order valence-corrected chi connectivity index (χ1v) is 10.2. The fourth-order valence-electron chi connectivity index (χ4n) is 4.41. The number of nitrogens with one attached hydrogen (secondary N) is 1. The third kappa shape index (κ3) is 3.20. The molecule has 1 N–H and O–H groups in total. The molecule has 0 unspecified atom stereocenters. The van der Waals surface area contributed by atoms with Crippen molar-refractivity contribution in [3.8, 4) is 0 Å². The Morgan fingerprint density at radius 3 is 2.67 bits per heavy atom. The molecule has 0 aliphatic carbocycles. The minimum absolute atomic E-state index is 0.0601. The van der Waals surface area contributed by atoms with E-state index in [9.17, 15) is 14.0 Å². The van der Waals surface area contributed by atoms with Crippen LogP contribution in [0.15, 0.2) is 57.7 Å². The second-order valence-electron chi connectivity index (χ2n) is 7.74. The van der Waals surface area contributed by atoms with Gasteiger partial charge in [0.1, 0.15) is 24.5 Å². The van der Waals surface area contributed by atoms with Gasteiger partial charge in [0.15, 0.2) is 5.43 Å². The number of carbonyl (C=O) groups is 1.